The Hall–Kier alpha value is -1.72. The molecule has 110 valence electrons. The molecule has 6 heteroatoms. The molecule has 0 aliphatic carbocycles. The summed E-state index contributed by atoms with van der Waals surface area (Å²) in [5.74, 6) is 1.04. The van der Waals surface area contributed by atoms with Crippen molar-refractivity contribution in [3.63, 3.8) is 0 Å². The molecule has 2 heterocycles. The van der Waals surface area contributed by atoms with E-state index in [-0.39, 0.29) is 10.9 Å². The summed E-state index contributed by atoms with van der Waals surface area (Å²) in [5, 5.41) is 3.39. The maximum Gasteiger partial charge on any atom is 0.227 e. The average molecular weight is 305 g/mol. The lowest BCUT2D eigenvalue weighted by atomic mass is 10.0. The van der Waals surface area contributed by atoms with Gasteiger partial charge in [0.1, 0.15) is 0 Å². The zero-order chi connectivity index (χ0) is 14.7. The number of halogens is 1. The Morgan fingerprint density at radius 1 is 1.24 bits per heavy atom. The maximum atomic E-state index is 6.00. The molecule has 0 amide bonds. The largest absolute Gasteiger partial charge is 0.373 e. The molecule has 1 N–H and O–H groups in total. The zero-order valence-corrected chi connectivity index (χ0v) is 12.6. The standard InChI is InChI=1S/C15H17ClN4O/c1-15(8-5-9-21-15)10-17-14-19-12(18-13(16)20-14)11-6-3-2-4-7-11/h2-4,6-7H,5,8-10H2,1H3,(H,17,18,19,20). The van der Waals surface area contributed by atoms with Crippen LogP contribution < -0.4 is 5.32 Å². The van der Waals surface area contributed by atoms with Gasteiger partial charge in [0.2, 0.25) is 11.2 Å². The summed E-state index contributed by atoms with van der Waals surface area (Å²) in [4.78, 5) is 12.7. The van der Waals surface area contributed by atoms with Crippen molar-refractivity contribution in [2.24, 2.45) is 0 Å². The van der Waals surface area contributed by atoms with Crippen molar-refractivity contribution < 1.29 is 4.74 Å². The number of benzene rings is 1. The first-order valence-corrected chi connectivity index (χ1v) is 7.37. The molecule has 0 radical (unpaired) electrons. The van der Waals surface area contributed by atoms with E-state index in [0.717, 1.165) is 25.0 Å². The highest BCUT2D eigenvalue weighted by Gasteiger charge is 2.29. The molecule has 1 unspecified atom stereocenters. The molecule has 0 bridgehead atoms. The fraction of sp³-hybridized carbons (Fsp3) is 0.400. The van der Waals surface area contributed by atoms with Crippen LogP contribution in [0.3, 0.4) is 0 Å². The fourth-order valence-corrected chi connectivity index (χ4v) is 2.55. The number of rotatable bonds is 4. The number of hydrogen-bond donors (Lipinski definition) is 1. The molecule has 1 aromatic heterocycles. The molecular formula is C15H17ClN4O. The van der Waals surface area contributed by atoms with E-state index < -0.39 is 0 Å². The molecule has 0 saturated carbocycles. The minimum atomic E-state index is -0.161. The van der Waals surface area contributed by atoms with Gasteiger partial charge in [-0.1, -0.05) is 30.3 Å². The lowest BCUT2D eigenvalue weighted by Gasteiger charge is -2.23. The Bertz CT molecular complexity index is 614. The van der Waals surface area contributed by atoms with Crippen LogP contribution in [0.1, 0.15) is 19.8 Å². The molecule has 1 atom stereocenters. The van der Waals surface area contributed by atoms with Crippen LogP contribution in [0.2, 0.25) is 5.28 Å². The summed E-state index contributed by atoms with van der Waals surface area (Å²) in [6.45, 7) is 3.56. The van der Waals surface area contributed by atoms with Gasteiger partial charge in [-0.2, -0.15) is 15.0 Å². The summed E-state index contributed by atoms with van der Waals surface area (Å²) in [7, 11) is 0. The second kappa shape index (κ2) is 5.95. The van der Waals surface area contributed by atoms with E-state index in [1.807, 2.05) is 30.3 Å². The quantitative estimate of drug-likeness (QED) is 0.940. The van der Waals surface area contributed by atoms with Crippen molar-refractivity contribution in [3.8, 4) is 11.4 Å². The maximum absolute atomic E-state index is 6.00. The second-order valence-electron chi connectivity index (χ2n) is 5.37. The number of hydrogen-bond acceptors (Lipinski definition) is 5. The van der Waals surface area contributed by atoms with Gasteiger partial charge in [-0.05, 0) is 31.4 Å². The van der Waals surface area contributed by atoms with Crippen LogP contribution in [0.15, 0.2) is 30.3 Å². The summed E-state index contributed by atoms with van der Waals surface area (Å²) in [6, 6.07) is 9.71. The molecule has 1 aromatic carbocycles. The number of nitrogens with one attached hydrogen (secondary N) is 1. The molecule has 1 fully saturated rings. The van der Waals surface area contributed by atoms with Gasteiger partial charge in [0, 0.05) is 18.7 Å². The van der Waals surface area contributed by atoms with Crippen molar-refractivity contribution >= 4 is 17.5 Å². The summed E-state index contributed by atoms with van der Waals surface area (Å²) in [5.41, 5.74) is 0.750. The third kappa shape index (κ3) is 3.49. The fourth-order valence-electron chi connectivity index (χ4n) is 2.39. The molecule has 3 rings (SSSR count). The molecule has 2 aromatic rings. The lowest BCUT2D eigenvalue weighted by molar-refractivity contribution is 0.0314. The van der Waals surface area contributed by atoms with Gasteiger partial charge in [0.25, 0.3) is 0 Å². The minimum Gasteiger partial charge on any atom is -0.373 e. The molecule has 1 aliphatic rings. The van der Waals surface area contributed by atoms with Crippen LogP contribution >= 0.6 is 11.6 Å². The van der Waals surface area contributed by atoms with E-state index in [1.165, 1.54) is 0 Å². The second-order valence-corrected chi connectivity index (χ2v) is 5.71. The summed E-state index contributed by atoms with van der Waals surface area (Å²) < 4.78 is 5.74. The Labute approximate surface area is 128 Å². The van der Waals surface area contributed by atoms with Crippen LogP contribution in [-0.4, -0.2) is 33.7 Å². The highest BCUT2D eigenvalue weighted by molar-refractivity contribution is 6.28. The van der Waals surface area contributed by atoms with Crippen LogP contribution in [0.4, 0.5) is 5.95 Å². The monoisotopic (exact) mass is 304 g/mol. The first-order valence-electron chi connectivity index (χ1n) is 6.99. The van der Waals surface area contributed by atoms with E-state index in [1.54, 1.807) is 0 Å². The predicted octanol–water partition coefficient (Wildman–Crippen LogP) is 3.17. The number of aromatic nitrogens is 3. The Morgan fingerprint density at radius 3 is 2.76 bits per heavy atom. The number of ether oxygens (including phenoxy) is 1. The van der Waals surface area contributed by atoms with Crippen molar-refractivity contribution in [1.82, 2.24) is 15.0 Å². The van der Waals surface area contributed by atoms with Gasteiger partial charge in [-0.25, -0.2) is 0 Å². The topological polar surface area (TPSA) is 59.9 Å². The van der Waals surface area contributed by atoms with Crippen LogP contribution in [0.25, 0.3) is 11.4 Å². The number of anilines is 1. The van der Waals surface area contributed by atoms with Gasteiger partial charge in [-0.3, -0.25) is 0 Å². The predicted molar refractivity (Wildman–Crippen MR) is 82.4 cm³/mol. The van der Waals surface area contributed by atoms with Gasteiger partial charge in [0.15, 0.2) is 5.82 Å². The molecule has 1 aliphatic heterocycles. The molecule has 21 heavy (non-hydrogen) atoms. The molecular weight excluding hydrogens is 288 g/mol. The Morgan fingerprint density at radius 2 is 2.05 bits per heavy atom. The van der Waals surface area contributed by atoms with Gasteiger partial charge < -0.3 is 10.1 Å². The third-order valence-corrected chi connectivity index (χ3v) is 3.73. The normalized spacial score (nSPS) is 21.4. The number of nitrogens with zero attached hydrogens (tertiary/aromatic N) is 3. The first-order chi connectivity index (χ1) is 10.1. The van der Waals surface area contributed by atoms with Crippen molar-refractivity contribution in [2.45, 2.75) is 25.4 Å². The van der Waals surface area contributed by atoms with Crippen LogP contribution in [-0.2, 0) is 4.74 Å². The van der Waals surface area contributed by atoms with Gasteiger partial charge in [-0.15, -0.1) is 0 Å². The molecule has 1 saturated heterocycles. The molecule has 0 spiro atoms. The van der Waals surface area contributed by atoms with Crippen LogP contribution in [0.5, 0.6) is 0 Å². The van der Waals surface area contributed by atoms with Gasteiger partial charge >= 0.3 is 0 Å². The highest BCUT2D eigenvalue weighted by Crippen LogP contribution is 2.25. The summed E-state index contributed by atoms with van der Waals surface area (Å²) >= 11 is 6.00. The van der Waals surface area contributed by atoms with Gasteiger partial charge in [0.05, 0.1) is 5.60 Å². The van der Waals surface area contributed by atoms with E-state index in [9.17, 15) is 0 Å². The van der Waals surface area contributed by atoms with E-state index in [2.05, 4.69) is 27.2 Å². The highest BCUT2D eigenvalue weighted by atomic mass is 35.5. The van der Waals surface area contributed by atoms with Crippen molar-refractivity contribution in [3.05, 3.63) is 35.6 Å². The third-order valence-electron chi connectivity index (χ3n) is 3.56. The summed E-state index contributed by atoms with van der Waals surface area (Å²) in [6.07, 6.45) is 2.12. The van der Waals surface area contributed by atoms with Crippen molar-refractivity contribution in [2.75, 3.05) is 18.5 Å². The average Bonchev–Trinajstić information content (AvgIpc) is 2.93. The van der Waals surface area contributed by atoms with Crippen molar-refractivity contribution in [1.29, 1.82) is 0 Å². The first kappa shape index (κ1) is 14.2. The molecule has 5 nitrogen and oxygen atoms in total. The van der Waals surface area contributed by atoms with E-state index >= 15 is 0 Å². The van der Waals surface area contributed by atoms with E-state index in [0.29, 0.717) is 18.3 Å². The van der Waals surface area contributed by atoms with E-state index in [4.69, 9.17) is 16.3 Å². The lowest BCUT2D eigenvalue weighted by Crippen LogP contribution is -2.33. The minimum absolute atomic E-state index is 0.161. The zero-order valence-electron chi connectivity index (χ0n) is 11.8. The smallest absolute Gasteiger partial charge is 0.227 e. The SMILES string of the molecule is CC1(CNc2nc(Cl)nc(-c3ccccc3)n2)CCCO1. The Kier molecular flexibility index (Phi) is 4.03. The van der Waals surface area contributed by atoms with Crippen LogP contribution in [0, 0.1) is 0 Å². The Balaban J connectivity index is 1.78.